The predicted octanol–water partition coefficient (Wildman–Crippen LogP) is 2.72. The standard InChI is InChI=1S/C17H16ClN3O4/c1-11-10-13(4-7-15(11)21(24)25)17(23)20-9-8-19-16(22)12-2-5-14(18)6-3-12/h2-7,10H,8-9H2,1H3,(H,19,22)(H,20,23). The summed E-state index contributed by atoms with van der Waals surface area (Å²) < 4.78 is 0. The first-order chi connectivity index (χ1) is 11.9. The van der Waals surface area contributed by atoms with Gasteiger partial charge in [-0.3, -0.25) is 19.7 Å². The van der Waals surface area contributed by atoms with E-state index in [0.29, 0.717) is 21.7 Å². The van der Waals surface area contributed by atoms with Crippen molar-refractivity contribution in [1.29, 1.82) is 0 Å². The van der Waals surface area contributed by atoms with Crippen molar-refractivity contribution >= 4 is 29.1 Å². The SMILES string of the molecule is Cc1cc(C(=O)NCCNC(=O)c2ccc(Cl)cc2)ccc1[N+](=O)[O-]. The zero-order valence-electron chi connectivity index (χ0n) is 13.4. The van der Waals surface area contributed by atoms with Gasteiger partial charge in [-0.25, -0.2) is 0 Å². The molecule has 0 unspecified atom stereocenters. The lowest BCUT2D eigenvalue weighted by Crippen LogP contribution is -2.34. The number of aryl methyl sites for hydroxylation is 1. The number of carbonyl (C=O) groups excluding carboxylic acids is 2. The van der Waals surface area contributed by atoms with Crippen molar-refractivity contribution in [1.82, 2.24) is 10.6 Å². The number of hydrogen-bond donors (Lipinski definition) is 2. The van der Waals surface area contributed by atoms with Crippen LogP contribution in [0.5, 0.6) is 0 Å². The van der Waals surface area contributed by atoms with Gasteiger partial charge in [0.05, 0.1) is 4.92 Å². The summed E-state index contributed by atoms with van der Waals surface area (Å²) in [5.74, 6) is -0.629. The summed E-state index contributed by atoms with van der Waals surface area (Å²) in [6.07, 6.45) is 0. The molecule has 0 aliphatic rings. The third kappa shape index (κ3) is 5.02. The van der Waals surface area contributed by atoms with Gasteiger partial charge in [0.25, 0.3) is 17.5 Å². The predicted molar refractivity (Wildman–Crippen MR) is 94.0 cm³/mol. The van der Waals surface area contributed by atoms with E-state index in [1.165, 1.54) is 18.2 Å². The third-order valence-electron chi connectivity index (χ3n) is 3.46. The highest BCUT2D eigenvalue weighted by molar-refractivity contribution is 6.30. The molecule has 2 aromatic carbocycles. The fraction of sp³-hybridized carbons (Fsp3) is 0.176. The minimum atomic E-state index is -0.497. The molecule has 25 heavy (non-hydrogen) atoms. The Bertz CT molecular complexity index is 806. The molecular weight excluding hydrogens is 346 g/mol. The minimum absolute atomic E-state index is 0.0354. The van der Waals surface area contributed by atoms with Crippen LogP contribution >= 0.6 is 11.6 Å². The van der Waals surface area contributed by atoms with Crippen molar-refractivity contribution in [3.8, 4) is 0 Å². The van der Waals surface area contributed by atoms with Gasteiger partial charge in [-0.1, -0.05) is 11.6 Å². The first-order valence-electron chi connectivity index (χ1n) is 7.45. The lowest BCUT2D eigenvalue weighted by molar-refractivity contribution is -0.385. The Kier molecular flexibility index (Phi) is 6.08. The van der Waals surface area contributed by atoms with Crippen LogP contribution in [0.2, 0.25) is 5.02 Å². The Hall–Kier alpha value is -2.93. The average molecular weight is 362 g/mol. The smallest absolute Gasteiger partial charge is 0.272 e. The number of rotatable bonds is 6. The lowest BCUT2D eigenvalue weighted by atomic mass is 10.1. The highest BCUT2D eigenvalue weighted by Gasteiger charge is 2.13. The van der Waals surface area contributed by atoms with Crippen molar-refractivity contribution < 1.29 is 14.5 Å². The summed E-state index contributed by atoms with van der Waals surface area (Å²) in [4.78, 5) is 34.2. The first kappa shape index (κ1) is 18.4. The molecule has 0 radical (unpaired) electrons. The molecule has 2 amide bonds. The van der Waals surface area contributed by atoms with E-state index in [0.717, 1.165) is 0 Å². The van der Waals surface area contributed by atoms with Crippen LogP contribution in [0.1, 0.15) is 26.3 Å². The van der Waals surface area contributed by atoms with Gasteiger partial charge in [0, 0.05) is 40.9 Å². The Labute approximate surface area is 149 Å². The molecule has 0 spiro atoms. The molecule has 0 heterocycles. The van der Waals surface area contributed by atoms with E-state index >= 15 is 0 Å². The third-order valence-corrected chi connectivity index (χ3v) is 3.71. The number of halogens is 1. The van der Waals surface area contributed by atoms with Crippen molar-refractivity contribution in [3.05, 3.63) is 74.3 Å². The topological polar surface area (TPSA) is 101 Å². The summed E-state index contributed by atoms with van der Waals surface area (Å²) >= 11 is 5.76. The van der Waals surface area contributed by atoms with Crippen LogP contribution in [0.15, 0.2) is 42.5 Å². The summed E-state index contributed by atoms with van der Waals surface area (Å²) in [5.41, 5.74) is 1.18. The van der Waals surface area contributed by atoms with E-state index in [4.69, 9.17) is 11.6 Å². The van der Waals surface area contributed by atoms with E-state index in [1.807, 2.05) is 0 Å². The normalized spacial score (nSPS) is 10.2. The second-order valence-corrected chi connectivity index (χ2v) is 5.71. The van der Waals surface area contributed by atoms with Crippen molar-refractivity contribution in [2.75, 3.05) is 13.1 Å². The largest absolute Gasteiger partial charge is 0.350 e. The van der Waals surface area contributed by atoms with Gasteiger partial charge in [0.2, 0.25) is 0 Å². The molecule has 0 bridgehead atoms. The molecule has 0 atom stereocenters. The van der Waals surface area contributed by atoms with Gasteiger partial charge in [-0.05, 0) is 43.3 Å². The van der Waals surface area contributed by atoms with Crippen LogP contribution in [0.3, 0.4) is 0 Å². The molecular formula is C17H16ClN3O4. The second-order valence-electron chi connectivity index (χ2n) is 5.28. The Morgan fingerprint density at radius 2 is 1.52 bits per heavy atom. The molecule has 0 saturated heterocycles. The number of nitro groups is 1. The number of hydrogen-bond acceptors (Lipinski definition) is 4. The highest BCUT2D eigenvalue weighted by Crippen LogP contribution is 2.18. The van der Waals surface area contributed by atoms with Crippen LogP contribution in [0, 0.1) is 17.0 Å². The molecule has 0 aliphatic heterocycles. The molecule has 8 heteroatoms. The van der Waals surface area contributed by atoms with Crippen LogP contribution in [-0.2, 0) is 0 Å². The number of nitrogens with zero attached hydrogens (tertiary/aromatic N) is 1. The summed E-state index contributed by atoms with van der Waals surface area (Å²) in [7, 11) is 0. The fourth-order valence-electron chi connectivity index (χ4n) is 2.16. The number of carbonyl (C=O) groups is 2. The molecule has 0 aliphatic carbocycles. The molecule has 2 aromatic rings. The Morgan fingerprint density at radius 3 is 2.04 bits per heavy atom. The van der Waals surface area contributed by atoms with E-state index in [2.05, 4.69) is 10.6 Å². The van der Waals surface area contributed by atoms with Crippen molar-refractivity contribution in [2.24, 2.45) is 0 Å². The van der Waals surface area contributed by atoms with E-state index in [1.54, 1.807) is 31.2 Å². The maximum atomic E-state index is 12.0. The van der Waals surface area contributed by atoms with Gasteiger partial charge >= 0.3 is 0 Å². The van der Waals surface area contributed by atoms with E-state index in [9.17, 15) is 19.7 Å². The Balaban J connectivity index is 1.82. The number of nitro benzene ring substituents is 1. The van der Waals surface area contributed by atoms with Gasteiger partial charge in [-0.2, -0.15) is 0 Å². The molecule has 2 rings (SSSR count). The highest BCUT2D eigenvalue weighted by atomic mass is 35.5. The van der Waals surface area contributed by atoms with Gasteiger partial charge < -0.3 is 10.6 Å². The number of benzene rings is 2. The second kappa shape index (κ2) is 8.25. The van der Waals surface area contributed by atoms with Crippen LogP contribution in [0.4, 0.5) is 5.69 Å². The summed E-state index contributed by atoms with van der Waals surface area (Å²) in [6.45, 7) is 2.05. The van der Waals surface area contributed by atoms with Gasteiger partial charge in [-0.15, -0.1) is 0 Å². The average Bonchev–Trinajstić information content (AvgIpc) is 2.58. The molecule has 7 nitrogen and oxygen atoms in total. The maximum absolute atomic E-state index is 12.0. The van der Waals surface area contributed by atoms with Crippen molar-refractivity contribution in [3.63, 3.8) is 0 Å². The lowest BCUT2D eigenvalue weighted by Gasteiger charge is -2.08. The van der Waals surface area contributed by atoms with E-state index in [-0.39, 0.29) is 30.6 Å². The molecule has 2 N–H and O–H groups in total. The zero-order valence-corrected chi connectivity index (χ0v) is 14.2. The van der Waals surface area contributed by atoms with Crippen LogP contribution in [-0.4, -0.2) is 29.8 Å². The molecule has 0 aromatic heterocycles. The van der Waals surface area contributed by atoms with Crippen LogP contribution in [0.25, 0.3) is 0 Å². The van der Waals surface area contributed by atoms with Gasteiger partial charge in [0.15, 0.2) is 0 Å². The molecule has 0 fully saturated rings. The van der Waals surface area contributed by atoms with Gasteiger partial charge in [0.1, 0.15) is 0 Å². The number of amides is 2. The first-order valence-corrected chi connectivity index (χ1v) is 7.83. The quantitative estimate of drug-likeness (QED) is 0.469. The van der Waals surface area contributed by atoms with Crippen LogP contribution < -0.4 is 10.6 Å². The summed E-state index contributed by atoms with van der Waals surface area (Å²) in [6, 6.07) is 10.6. The fourth-order valence-corrected chi connectivity index (χ4v) is 2.28. The zero-order chi connectivity index (χ0) is 18.4. The minimum Gasteiger partial charge on any atom is -0.350 e. The molecule has 130 valence electrons. The van der Waals surface area contributed by atoms with Crippen molar-refractivity contribution in [2.45, 2.75) is 6.92 Å². The maximum Gasteiger partial charge on any atom is 0.272 e. The molecule has 0 saturated carbocycles. The monoisotopic (exact) mass is 361 g/mol. The number of nitrogens with one attached hydrogen (secondary N) is 2. The Morgan fingerprint density at radius 1 is 1.00 bits per heavy atom. The summed E-state index contributed by atoms with van der Waals surface area (Å²) in [5, 5.41) is 16.6. The van der Waals surface area contributed by atoms with E-state index < -0.39 is 4.92 Å².